The van der Waals surface area contributed by atoms with E-state index in [9.17, 15) is 0 Å². The molecule has 0 saturated carbocycles. The predicted molar refractivity (Wildman–Crippen MR) is 81.5 cm³/mol. The van der Waals surface area contributed by atoms with Crippen molar-refractivity contribution in [1.82, 2.24) is 15.1 Å². The molecule has 0 bridgehead atoms. The van der Waals surface area contributed by atoms with Crippen molar-refractivity contribution in [3.8, 4) is 0 Å². The molecule has 1 unspecified atom stereocenters. The summed E-state index contributed by atoms with van der Waals surface area (Å²) in [4.78, 5) is 4.96. The molecule has 1 heterocycles. The molecular formula is C15H33N3O. The largest absolute Gasteiger partial charge is 0.395 e. The lowest BCUT2D eigenvalue weighted by atomic mass is 9.84. The molecule has 0 aromatic rings. The van der Waals surface area contributed by atoms with Crippen LogP contribution in [0.25, 0.3) is 0 Å². The lowest BCUT2D eigenvalue weighted by molar-refractivity contribution is 0.0767. The van der Waals surface area contributed by atoms with Crippen molar-refractivity contribution in [3.05, 3.63) is 0 Å². The zero-order valence-electron chi connectivity index (χ0n) is 13.1. The van der Waals surface area contributed by atoms with Gasteiger partial charge in [-0.25, -0.2) is 0 Å². The third-order valence-corrected chi connectivity index (χ3v) is 4.14. The van der Waals surface area contributed by atoms with Gasteiger partial charge < -0.3 is 15.3 Å². The van der Waals surface area contributed by atoms with Crippen LogP contribution in [0.4, 0.5) is 0 Å². The Kier molecular flexibility index (Phi) is 7.91. The molecular weight excluding hydrogens is 238 g/mol. The molecule has 1 aliphatic rings. The number of β-amino-alcohol motifs (C(OH)–C–C–N with tert-alkyl or cyclic N) is 1. The zero-order chi connectivity index (χ0) is 14.1. The molecule has 0 spiro atoms. The quantitative estimate of drug-likeness (QED) is 0.656. The van der Waals surface area contributed by atoms with Gasteiger partial charge in [0.1, 0.15) is 0 Å². The van der Waals surface area contributed by atoms with Crippen LogP contribution in [-0.4, -0.2) is 73.9 Å². The van der Waals surface area contributed by atoms with Gasteiger partial charge in [-0.05, 0) is 18.4 Å². The van der Waals surface area contributed by atoms with E-state index in [-0.39, 0.29) is 6.61 Å². The van der Waals surface area contributed by atoms with Crippen molar-refractivity contribution < 1.29 is 5.11 Å². The molecule has 114 valence electrons. The van der Waals surface area contributed by atoms with E-state index in [1.54, 1.807) is 0 Å². The van der Waals surface area contributed by atoms with Crippen LogP contribution < -0.4 is 5.32 Å². The molecule has 4 nitrogen and oxygen atoms in total. The average Bonchev–Trinajstić information content (AvgIpc) is 2.39. The normalized spacial score (nSPS) is 21.5. The topological polar surface area (TPSA) is 38.7 Å². The molecule has 19 heavy (non-hydrogen) atoms. The van der Waals surface area contributed by atoms with Crippen LogP contribution in [0.2, 0.25) is 0 Å². The van der Waals surface area contributed by atoms with Crippen molar-refractivity contribution >= 4 is 0 Å². The van der Waals surface area contributed by atoms with Gasteiger partial charge in [0.15, 0.2) is 0 Å². The summed E-state index contributed by atoms with van der Waals surface area (Å²) in [7, 11) is 0. The van der Waals surface area contributed by atoms with Gasteiger partial charge in [0.05, 0.1) is 6.61 Å². The number of piperazine rings is 1. The van der Waals surface area contributed by atoms with Gasteiger partial charge in [-0.3, -0.25) is 4.90 Å². The highest BCUT2D eigenvalue weighted by Crippen LogP contribution is 2.24. The second-order valence-corrected chi connectivity index (χ2v) is 6.18. The van der Waals surface area contributed by atoms with Crippen molar-refractivity contribution in [2.24, 2.45) is 5.41 Å². The van der Waals surface area contributed by atoms with E-state index in [0.717, 1.165) is 45.8 Å². The summed E-state index contributed by atoms with van der Waals surface area (Å²) in [6.07, 6.45) is 2.54. The minimum Gasteiger partial charge on any atom is -0.395 e. The highest BCUT2D eigenvalue weighted by atomic mass is 16.3. The second kappa shape index (κ2) is 8.90. The molecule has 1 atom stereocenters. The van der Waals surface area contributed by atoms with E-state index in [1.807, 2.05) is 0 Å². The van der Waals surface area contributed by atoms with Crippen LogP contribution in [0.3, 0.4) is 0 Å². The number of hydrogen-bond donors (Lipinski definition) is 2. The molecule has 0 aliphatic carbocycles. The van der Waals surface area contributed by atoms with Gasteiger partial charge in [-0.2, -0.15) is 0 Å². The first-order valence-electron chi connectivity index (χ1n) is 7.90. The molecule has 2 N–H and O–H groups in total. The van der Waals surface area contributed by atoms with Gasteiger partial charge in [-0.15, -0.1) is 0 Å². The number of nitrogens with zero attached hydrogens (tertiary/aromatic N) is 2. The molecule has 1 saturated heterocycles. The smallest absolute Gasteiger partial charge is 0.0558 e. The molecule has 0 amide bonds. The maximum atomic E-state index is 8.97. The summed E-state index contributed by atoms with van der Waals surface area (Å²) in [6, 6.07) is 0. The number of aliphatic hydroxyl groups is 1. The Labute approximate surface area is 119 Å². The summed E-state index contributed by atoms with van der Waals surface area (Å²) in [5.74, 6) is 0. The van der Waals surface area contributed by atoms with E-state index in [1.165, 1.54) is 19.4 Å². The van der Waals surface area contributed by atoms with Gasteiger partial charge in [0, 0.05) is 45.8 Å². The number of rotatable bonds is 9. The Balaban J connectivity index is 2.38. The molecule has 0 radical (unpaired) electrons. The SMILES string of the molecule is CCCC(C)(CNCC)CN1CCN(CCO)CC1. The monoisotopic (exact) mass is 271 g/mol. The molecule has 1 fully saturated rings. The summed E-state index contributed by atoms with van der Waals surface area (Å²) < 4.78 is 0. The zero-order valence-corrected chi connectivity index (χ0v) is 13.1. The maximum Gasteiger partial charge on any atom is 0.0558 e. The first-order chi connectivity index (χ1) is 9.13. The van der Waals surface area contributed by atoms with E-state index in [0.29, 0.717) is 5.41 Å². The number of hydrogen-bond acceptors (Lipinski definition) is 4. The maximum absolute atomic E-state index is 8.97. The minimum atomic E-state index is 0.286. The summed E-state index contributed by atoms with van der Waals surface area (Å²) >= 11 is 0. The van der Waals surface area contributed by atoms with Crippen LogP contribution in [0, 0.1) is 5.41 Å². The fourth-order valence-corrected chi connectivity index (χ4v) is 3.11. The lowest BCUT2D eigenvalue weighted by Gasteiger charge is -2.40. The van der Waals surface area contributed by atoms with E-state index in [4.69, 9.17) is 5.11 Å². The average molecular weight is 271 g/mol. The van der Waals surface area contributed by atoms with Gasteiger partial charge >= 0.3 is 0 Å². The summed E-state index contributed by atoms with van der Waals surface area (Å²) in [5, 5.41) is 12.5. The first-order valence-corrected chi connectivity index (χ1v) is 7.90. The summed E-state index contributed by atoms with van der Waals surface area (Å²) in [6.45, 7) is 15.9. The van der Waals surface area contributed by atoms with Crippen molar-refractivity contribution in [1.29, 1.82) is 0 Å². The van der Waals surface area contributed by atoms with Crippen LogP contribution in [0.1, 0.15) is 33.6 Å². The molecule has 1 rings (SSSR count). The van der Waals surface area contributed by atoms with E-state index < -0.39 is 0 Å². The van der Waals surface area contributed by atoms with Crippen LogP contribution in [-0.2, 0) is 0 Å². The molecule has 0 aromatic heterocycles. The van der Waals surface area contributed by atoms with Crippen molar-refractivity contribution in [2.45, 2.75) is 33.6 Å². The lowest BCUT2D eigenvalue weighted by Crippen LogP contribution is -2.51. The van der Waals surface area contributed by atoms with Crippen LogP contribution in [0.15, 0.2) is 0 Å². The predicted octanol–water partition coefficient (Wildman–Crippen LogP) is 1.01. The standard InChI is InChI=1S/C15H33N3O/c1-4-6-15(3,13-16-5-2)14-18-9-7-17(8-10-18)11-12-19/h16,19H,4-14H2,1-3H3. The third kappa shape index (κ3) is 6.21. The van der Waals surface area contributed by atoms with Gasteiger partial charge in [0.25, 0.3) is 0 Å². The van der Waals surface area contributed by atoms with Crippen molar-refractivity contribution in [3.63, 3.8) is 0 Å². The highest BCUT2D eigenvalue weighted by molar-refractivity contribution is 4.83. The summed E-state index contributed by atoms with van der Waals surface area (Å²) in [5.41, 5.74) is 0.393. The number of nitrogens with one attached hydrogen (secondary N) is 1. The Hall–Kier alpha value is -0.160. The fraction of sp³-hybridized carbons (Fsp3) is 1.00. The fourth-order valence-electron chi connectivity index (χ4n) is 3.11. The Bertz CT molecular complexity index is 229. The van der Waals surface area contributed by atoms with Crippen LogP contribution in [0.5, 0.6) is 0 Å². The second-order valence-electron chi connectivity index (χ2n) is 6.18. The van der Waals surface area contributed by atoms with Gasteiger partial charge in [-0.1, -0.05) is 27.2 Å². The van der Waals surface area contributed by atoms with E-state index >= 15 is 0 Å². The minimum absolute atomic E-state index is 0.286. The van der Waals surface area contributed by atoms with Gasteiger partial charge in [0.2, 0.25) is 0 Å². The van der Waals surface area contributed by atoms with Crippen molar-refractivity contribution in [2.75, 3.05) is 59.0 Å². The first kappa shape index (κ1) is 16.9. The Morgan fingerprint density at radius 1 is 1.11 bits per heavy atom. The molecule has 4 heteroatoms. The third-order valence-electron chi connectivity index (χ3n) is 4.14. The van der Waals surface area contributed by atoms with Crippen LogP contribution >= 0.6 is 0 Å². The Morgan fingerprint density at radius 3 is 2.26 bits per heavy atom. The molecule has 0 aromatic carbocycles. The highest BCUT2D eigenvalue weighted by Gasteiger charge is 2.27. The van der Waals surface area contributed by atoms with E-state index in [2.05, 4.69) is 35.9 Å². The molecule has 1 aliphatic heterocycles. The number of aliphatic hydroxyl groups excluding tert-OH is 1. The Morgan fingerprint density at radius 2 is 1.74 bits per heavy atom.